The summed E-state index contributed by atoms with van der Waals surface area (Å²) < 4.78 is 4.79. The maximum atomic E-state index is 12.3. The Hall–Kier alpha value is -0.970. The summed E-state index contributed by atoms with van der Waals surface area (Å²) in [4.78, 5) is 23.5. The first-order valence-electron chi connectivity index (χ1n) is 8.82. The molecule has 4 rings (SSSR count). The molecule has 0 spiro atoms. The van der Waals surface area contributed by atoms with Crippen LogP contribution in [0.1, 0.15) is 44.9 Å². The minimum Gasteiger partial charge on any atom is -0.448 e. The quantitative estimate of drug-likeness (QED) is 0.552. The van der Waals surface area contributed by atoms with Gasteiger partial charge in [0.15, 0.2) is 0 Å². The van der Waals surface area contributed by atoms with Crippen LogP contribution in [0, 0.1) is 23.2 Å². The van der Waals surface area contributed by atoms with Gasteiger partial charge < -0.3 is 15.4 Å². The lowest BCUT2D eigenvalue weighted by Crippen LogP contribution is -2.48. The molecule has 4 saturated carbocycles. The van der Waals surface area contributed by atoms with Crippen molar-refractivity contribution in [3.05, 3.63) is 0 Å². The van der Waals surface area contributed by atoms with E-state index in [0.717, 1.165) is 17.8 Å². The van der Waals surface area contributed by atoms with Crippen LogP contribution in [-0.2, 0) is 9.53 Å². The highest BCUT2D eigenvalue weighted by Gasteiger charge is 2.51. The van der Waals surface area contributed by atoms with Gasteiger partial charge >= 0.3 is 6.09 Å². The van der Waals surface area contributed by atoms with Gasteiger partial charge in [0.1, 0.15) is 6.61 Å². The third-order valence-corrected chi connectivity index (χ3v) is 5.88. The molecule has 0 radical (unpaired) electrons. The smallest absolute Gasteiger partial charge is 0.407 e. The Balaban J connectivity index is 1.36. The van der Waals surface area contributed by atoms with E-state index in [0.29, 0.717) is 19.5 Å². The fourth-order valence-corrected chi connectivity index (χ4v) is 5.54. The molecule has 2 N–H and O–H groups in total. The average molecular weight is 343 g/mol. The van der Waals surface area contributed by atoms with E-state index in [1.807, 2.05) is 0 Å². The molecule has 6 heteroatoms. The van der Waals surface area contributed by atoms with Crippen LogP contribution in [0.3, 0.4) is 0 Å². The van der Waals surface area contributed by atoms with Crippen LogP contribution in [0.4, 0.5) is 4.79 Å². The molecule has 0 unspecified atom stereocenters. The van der Waals surface area contributed by atoms with E-state index >= 15 is 0 Å². The van der Waals surface area contributed by atoms with Gasteiger partial charge in [-0.15, -0.1) is 11.6 Å². The highest BCUT2D eigenvalue weighted by atomic mass is 35.5. The molecule has 23 heavy (non-hydrogen) atoms. The molecule has 0 aromatic rings. The number of alkyl halides is 1. The van der Waals surface area contributed by atoms with Crippen LogP contribution in [-0.4, -0.2) is 37.6 Å². The molecule has 2 amide bonds. The minimum atomic E-state index is -0.485. The van der Waals surface area contributed by atoms with Gasteiger partial charge in [-0.25, -0.2) is 4.79 Å². The van der Waals surface area contributed by atoms with Crippen LogP contribution in [0.2, 0.25) is 0 Å². The molecule has 0 atom stereocenters. The molecule has 5 nitrogen and oxygen atoms in total. The van der Waals surface area contributed by atoms with Crippen LogP contribution < -0.4 is 10.6 Å². The second-order valence-corrected chi connectivity index (χ2v) is 8.07. The third-order valence-electron chi connectivity index (χ3n) is 5.73. The lowest BCUT2D eigenvalue weighted by molar-refractivity contribution is -0.129. The SMILES string of the molecule is O=C(CC12CC3CC(CC(C3)C1)C2)NCCNC(=O)OCCCl. The normalized spacial score (nSPS) is 34.2. The van der Waals surface area contributed by atoms with Crippen molar-refractivity contribution in [3.63, 3.8) is 0 Å². The topological polar surface area (TPSA) is 67.4 Å². The summed E-state index contributed by atoms with van der Waals surface area (Å²) >= 11 is 5.43. The van der Waals surface area contributed by atoms with Gasteiger partial charge in [-0.05, 0) is 61.7 Å². The van der Waals surface area contributed by atoms with Crippen molar-refractivity contribution in [1.29, 1.82) is 0 Å². The third kappa shape index (κ3) is 4.31. The number of ether oxygens (including phenoxy) is 1. The number of hydrogen-bond donors (Lipinski definition) is 2. The Morgan fingerprint density at radius 1 is 1.00 bits per heavy atom. The number of carbonyl (C=O) groups is 2. The first-order chi connectivity index (χ1) is 11.1. The lowest BCUT2D eigenvalue weighted by atomic mass is 9.49. The number of hydrogen-bond acceptors (Lipinski definition) is 3. The van der Waals surface area contributed by atoms with Gasteiger partial charge in [-0.3, -0.25) is 4.79 Å². The first-order valence-corrected chi connectivity index (χ1v) is 9.35. The second kappa shape index (κ2) is 7.29. The molecule has 0 aliphatic heterocycles. The van der Waals surface area contributed by atoms with Crippen LogP contribution >= 0.6 is 11.6 Å². The first kappa shape index (κ1) is 16.9. The maximum Gasteiger partial charge on any atom is 0.407 e. The number of nitrogens with one attached hydrogen (secondary N) is 2. The molecule has 130 valence electrons. The lowest BCUT2D eigenvalue weighted by Gasteiger charge is -2.56. The van der Waals surface area contributed by atoms with Crippen LogP contribution in [0.25, 0.3) is 0 Å². The Morgan fingerprint density at radius 3 is 2.13 bits per heavy atom. The van der Waals surface area contributed by atoms with E-state index in [4.69, 9.17) is 16.3 Å². The van der Waals surface area contributed by atoms with E-state index in [9.17, 15) is 9.59 Å². The van der Waals surface area contributed by atoms with Crippen molar-refractivity contribution in [1.82, 2.24) is 10.6 Å². The van der Waals surface area contributed by atoms with E-state index in [1.165, 1.54) is 38.5 Å². The summed E-state index contributed by atoms with van der Waals surface area (Å²) in [7, 11) is 0. The number of halogens is 1. The zero-order chi connectivity index (χ0) is 16.3. The summed E-state index contributed by atoms with van der Waals surface area (Å²) in [5.74, 6) is 3.02. The molecule has 4 bridgehead atoms. The van der Waals surface area contributed by atoms with Crippen LogP contribution in [0.5, 0.6) is 0 Å². The van der Waals surface area contributed by atoms with Gasteiger partial charge in [-0.2, -0.15) is 0 Å². The summed E-state index contributed by atoms with van der Waals surface area (Å²) in [6.07, 6.45) is 8.11. The van der Waals surface area contributed by atoms with Crippen molar-refractivity contribution in [2.24, 2.45) is 23.2 Å². The molecular formula is C17H27ClN2O3. The molecule has 4 aliphatic carbocycles. The predicted molar refractivity (Wildman–Crippen MR) is 88.3 cm³/mol. The Bertz CT molecular complexity index is 420. The molecule has 0 heterocycles. The van der Waals surface area contributed by atoms with Crippen molar-refractivity contribution in [2.45, 2.75) is 44.9 Å². The van der Waals surface area contributed by atoms with Crippen molar-refractivity contribution >= 4 is 23.6 Å². The van der Waals surface area contributed by atoms with Crippen molar-refractivity contribution in [3.8, 4) is 0 Å². The number of alkyl carbamates (subject to hydrolysis) is 1. The molecule has 0 aromatic heterocycles. The summed E-state index contributed by atoms with van der Waals surface area (Å²) in [6, 6.07) is 0. The second-order valence-electron chi connectivity index (χ2n) is 7.70. The number of carbonyl (C=O) groups excluding carboxylic acids is 2. The molecule has 0 saturated heterocycles. The Labute approximate surface area is 142 Å². The summed E-state index contributed by atoms with van der Waals surface area (Å²) in [5.41, 5.74) is 0.269. The highest BCUT2D eigenvalue weighted by molar-refractivity contribution is 6.18. The van der Waals surface area contributed by atoms with Gasteiger partial charge in [0.2, 0.25) is 5.91 Å². The van der Waals surface area contributed by atoms with E-state index in [-0.39, 0.29) is 23.8 Å². The van der Waals surface area contributed by atoms with Gasteiger partial charge in [-0.1, -0.05) is 0 Å². The highest BCUT2D eigenvalue weighted by Crippen LogP contribution is 2.61. The standard InChI is InChI=1S/C17H27ClN2O3/c18-1-4-23-16(22)20-3-2-19-15(21)11-17-8-12-5-13(9-17)7-14(6-12)10-17/h12-14H,1-11H2,(H,19,21)(H,20,22). The maximum absolute atomic E-state index is 12.3. The fraction of sp³-hybridized carbons (Fsp3) is 0.882. The molecular weight excluding hydrogens is 316 g/mol. The zero-order valence-corrected chi connectivity index (χ0v) is 14.4. The van der Waals surface area contributed by atoms with E-state index in [2.05, 4.69) is 10.6 Å². The van der Waals surface area contributed by atoms with E-state index in [1.54, 1.807) is 0 Å². The van der Waals surface area contributed by atoms with E-state index < -0.39 is 6.09 Å². The largest absolute Gasteiger partial charge is 0.448 e. The molecule has 0 aromatic carbocycles. The van der Waals surface area contributed by atoms with Gasteiger partial charge in [0, 0.05) is 19.5 Å². The molecule has 4 fully saturated rings. The average Bonchev–Trinajstić information content (AvgIpc) is 2.47. The summed E-state index contributed by atoms with van der Waals surface area (Å²) in [6.45, 7) is 1.03. The van der Waals surface area contributed by atoms with Gasteiger partial charge in [0.25, 0.3) is 0 Å². The van der Waals surface area contributed by atoms with Crippen LogP contribution in [0.15, 0.2) is 0 Å². The molecule has 4 aliphatic rings. The van der Waals surface area contributed by atoms with Gasteiger partial charge in [0.05, 0.1) is 5.88 Å². The minimum absolute atomic E-state index is 0.128. The summed E-state index contributed by atoms with van der Waals surface area (Å²) in [5, 5.41) is 5.53. The number of rotatable bonds is 7. The Kier molecular flexibility index (Phi) is 5.34. The monoisotopic (exact) mass is 342 g/mol. The zero-order valence-electron chi connectivity index (χ0n) is 13.6. The fourth-order valence-electron chi connectivity index (χ4n) is 5.46. The number of amides is 2. The van der Waals surface area contributed by atoms with Crippen molar-refractivity contribution in [2.75, 3.05) is 25.6 Å². The predicted octanol–water partition coefficient (Wildman–Crippen LogP) is 2.67. The Morgan fingerprint density at radius 2 is 1.57 bits per heavy atom. The van der Waals surface area contributed by atoms with Crippen molar-refractivity contribution < 1.29 is 14.3 Å².